The van der Waals surface area contributed by atoms with Gasteiger partial charge in [-0.25, -0.2) is 4.98 Å². The molecule has 0 aliphatic carbocycles. The van der Waals surface area contributed by atoms with Crippen LogP contribution in [0.15, 0.2) is 54.9 Å². The van der Waals surface area contributed by atoms with Crippen molar-refractivity contribution >= 4 is 0 Å². The molecule has 0 aliphatic heterocycles. The van der Waals surface area contributed by atoms with Gasteiger partial charge in [0, 0.05) is 18.0 Å². The summed E-state index contributed by atoms with van der Waals surface area (Å²) in [6.45, 7) is 14.7. The number of aryl methyl sites for hydroxylation is 3. The van der Waals surface area contributed by atoms with E-state index in [0.717, 1.165) is 11.4 Å². The lowest BCUT2D eigenvalue weighted by Gasteiger charge is -2.15. The summed E-state index contributed by atoms with van der Waals surface area (Å²) in [4.78, 5) is 4.53. The Labute approximate surface area is 153 Å². The van der Waals surface area contributed by atoms with Crippen LogP contribution in [0.2, 0.25) is 0 Å². The summed E-state index contributed by atoms with van der Waals surface area (Å²) < 4.78 is 2.18. The van der Waals surface area contributed by atoms with Crippen LogP contribution in [0.25, 0.3) is 17.1 Å². The van der Waals surface area contributed by atoms with E-state index in [1.54, 1.807) is 0 Å². The second kappa shape index (κ2) is 10.5. The maximum atomic E-state index is 4.53. The minimum absolute atomic E-state index is 0.987. The molecule has 0 radical (unpaired) electrons. The maximum absolute atomic E-state index is 4.53. The molecule has 3 rings (SSSR count). The van der Waals surface area contributed by atoms with E-state index in [9.17, 15) is 0 Å². The van der Waals surface area contributed by atoms with E-state index in [2.05, 4.69) is 68.4 Å². The molecule has 2 heteroatoms. The van der Waals surface area contributed by atoms with Crippen molar-refractivity contribution in [1.82, 2.24) is 9.55 Å². The predicted octanol–water partition coefficient (Wildman–Crippen LogP) is 6.91. The van der Waals surface area contributed by atoms with E-state index in [-0.39, 0.29) is 0 Å². The second-order valence-corrected chi connectivity index (χ2v) is 5.94. The van der Waals surface area contributed by atoms with Crippen molar-refractivity contribution < 1.29 is 0 Å². The zero-order valence-electron chi connectivity index (χ0n) is 16.8. The summed E-state index contributed by atoms with van der Waals surface area (Å²) in [6, 6.07) is 14.7. The molecule has 0 saturated carbocycles. The Morgan fingerprint density at radius 3 is 1.92 bits per heavy atom. The van der Waals surface area contributed by atoms with E-state index in [1.165, 1.54) is 28.8 Å². The molecule has 25 heavy (non-hydrogen) atoms. The van der Waals surface area contributed by atoms with Gasteiger partial charge in [0.25, 0.3) is 0 Å². The average Bonchev–Trinajstić information content (AvgIpc) is 3.06. The Kier molecular flexibility index (Phi) is 8.69. The topological polar surface area (TPSA) is 17.8 Å². The normalized spacial score (nSPS) is 9.56. The average molecular weight is 337 g/mol. The van der Waals surface area contributed by atoms with Crippen LogP contribution >= 0.6 is 0 Å². The third-order valence-electron chi connectivity index (χ3n) is 3.55. The van der Waals surface area contributed by atoms with Crippen molar-refractivity contribution in [3.8, 4) is 17.1 Å². The third kappa shape index (κ3) is 5.32. The van der Waals surface area contributed by atoms with Gasteiger partial charge in [-0.2, -0.15) is 0 Å². The summed E-state index contributed by atoms with van der Waals surface area (Å²) in [5.41, 5.74) is 6.21. The van der Waals surface area contributed by atoms with Crippen molar-refractivity contribution in [2.24, 2.45) is 0 Å². The highest BCUT2D eigenvalue weighted by atomic mass is 15.1. The van der Waals surface area contributed by atoms with Gasteiger partial charge >= 0.3 is 0 Å². The molecule has 0 atom stereocenters. The van der Waals surface area contributed by atoms with Gasteiger partial charge in [0.15, 0.2) is 0 Å². The highest BCUT2D eigenvalue weighted by Crippen LogP contribution is 2.26. The molecule has 1 aromatic heterocycles. The molecule has 0 N–H and O–H groups in total. The van der Waals surface area contributed by atoms with Gasteiger partial charge in [-0.3, -0.25) is 4.57 Å². The lowest BCUT2D eigenvalue weighted by Crippen LogP contribution is -2.02. The first-order valence-electron chi connectivity index (χ1n) is 9.25. The van der Waals surface area contributed by atoms with Gasteiger partial charge in [-0.1, -0.05) is 82.1 Å². The van der Waals surface area contributed by atoms with Crippen LogP contribution in [0, 0.1) is 20.8 Å². The van der Waals surface area contributed by atoms with Crippen molar-refractivity contribution in [3.63, 3.8) is 0 Å². The summed E-state index contributed by atoms with van der Waals surface area (Å²) in [7, 11) is 0. The highest BCUT2D eigenvalue weighted by molar-refractivity contribution is 5.61. The summed E-state index contributed by atoms with van der Waals surface area (Å²) >= 11 is 0. The highest BCUT2D eigenvalue weighted by Gasteiger charge is 2.11. The van der Waals surface area contributed by atoms with Crippen LogP contribution in [-0.2, 0) is 0 Å². The van der Waals surface area contributed by atoms with Gasteiger partial charge in [-0.15, -0.1) is 0 Å². The molecular formula is C23H32N2. The van der Waals surface area contributed by atoms with Crippen LogP contribution in [0.5, 0.6) is 0 Å². The zero-order valence-corrected chi connectivity index (χ0v) is 16.8. The van der Waals surface area contributed by atoms with Gasteiger partial charge < -0.3 is 0 Å². The standard InChI is InChI=1S/C18H18N2.C3H8.C2H6/c1-13-11-14(2)17(15(3)12-13)20-10-9-19-18(20)16-7-5-4-6-8-16;1-3-2;1-2/h4-12H,1-3H3;3H2,1-2H3;1-2H3. The first kappa shape index (κ1) is 20.7. The van der Waals surface area contributed by atoms with Gasteiger partial charge in [0.1, 0.15) is 5.82 Å². The van der Waals surface area contributed by atoms with E-state index < -0.39 is 0 Å². The van der Waals surface area contributed by atoms with Crippen molar-refractivity contribution in [2.75, 3.05) is 0 Å². The van der Waals surface area contributed by atoms with Crippen molar-refractivity contribution in [1.29, 1.82) is 0 Å². The third-order valence-corrected chi connectivity index (χ3v) is 3.55. The number of hydrogen-bond donors (Lipinski definition) is 0. The molecule has 2 nitrogen and oxygen atoms in total. The van der Waals surface area contributed by atoms with Crippen LogP contribution in [0.4, 0.5) is 0 Å². The maximum Gasteiger partial charge on any atom is 0.144 e. The Morgan fingerprint density at radius 1 is 0.880 bits per heavy atom. The molecule has 0 aliphatic rings. The fourth-order valence-electron chi connectivity index (χ4n) is 2.84. The molecule has 0 fully saturated rings. The molecule has 0 bridgehead atoms. The molecule has 0 amide bonds. The number of aromatic nitrogens is 2. The largest absolute Gasteiger partial charge is 0.299 e. The number of rotatable bonds is 2. The minimum atomic E-state index is 0.987. The van der Waals surface area contributed by atoms with E-state index in [4.69, 9.17) is 0 Å². The molecule has 0 saturated heterocycles. The fraction of sp³-hybridized carbons (Fsp3) is 0.348. The lowest BCUT2D eigenvalue weighted by molar-refractivity contribution is 1.03. The second-order valence-electron chi connectivity index (χ2n) is 5.94. The Morgan fingerprint density at radius 2 is 1.40 bits per heavy atom. The summed E-state index contributed by atoms with van der Waals surface area (Å²) in [5.74, 6) is 0.987. The SMILES string of the molecule is CC.CCC.Cc1cc(C)c(-n2ccnc2-c2ccccc2)c(C)c1. The predicted molar refractivity (Wildman–Crippen MR) is 111 cm³/mol. The fourth-order valence-corrected chi connectivity index (χ4v) is 2.84. The molecule has 0 spiro atoms. The number of benzene rings is 2. The first-order valence-corrected chi connectivity index (χ1v) is 9.25. The van der Waals surface area contributed by atoms with Crippen LogP contribution < -0.4 is 0 Å². The van der Waals surface area contributed by atoms with Crippen LogP contribution in [0.3, 0.4) is 0 Å². The van der Waals surface area contributed by atoms with E-state index >= 15 is 0 Å². The van der Waals surface area contributed by atoms with Gasteiger partial charge in [-0.05, 0) is 31.9 Å². The van der Waals surface area contributed by atoms with Crippen LogP contribution in [-0.4, -0.2) is 9.55 Å². The quantitative estimate of drug-likeness (QED) is 0.497. The van der Waals surface area contributed by atoms with Gasteiger partial charge in [0.2, 0.25) is 0 Å². The number of hydrogen-bond acceptors (Lipinski definition) is 1. The Balaban J connectivity index is 0.000000567. The molecule has 3 aromatic rings. The smallest absolute Gasteiger partial charge is 0.144 e. The monoisotopic (exact) mass is 336 g/mol. The Hall–Kier alpha value is -2.35. The first-order chi connectivity index (χ1) is 12.1. The number of nitrogens with zero attached hydrogens (tertiary/aromatic N) is 2. The number of imidazole rings is 1. The Bertz CT molecular complexity index is 732. The van der Waals surface area contributed by atoms with Crippen molar-refractivity contribution in [3.05, 3.63) is 71.5 Å². The molecule has 2 aromatic carbocycles. The van der Waals surface area contributed by atoms with Crippen LogP contribution in [0.1, 0.15) is 50.8 Å². The molecule has 134 valence electrons. The minimum Gasteiger partial charge on any atom is -0.299 e. The molecular weight excluding hydrogens is 304 g/mol. The van der Waals surface area contributed by atoms with Gasteiger partial charge in [0.05, 0.1) is 5.69 Å². The molecule has 0 unspecified atom stereocenters. The van der Waals surface area contributed by atoms with E-state index in [1.807, 2.05) is 44.4 Å². The lowest BCUT2D eigenvalue weighted by atomic mass is 10.0. The van der Waals surface area contributed by atoms with Crippen molar-refractivity contribution in [2.45, 2.75) is 54.9 Å². The summed E-state index contributed by atoms with van der Waals surface area (Å²) in [6.07, 6.45) is 5.15. The summed E-state index contributed by atoms with van der Waals surface area (Å²) in [5, 5.41) is 0. The molecule has 1 heterocycles. The van der Waals surface area contributed by atoms with E-state index in [0.29, 0.717) is 0 Å². The zero-order chi connectivity index (χ0) is 18.8.